The molecular weight excluding hydrogens is 197 g/mol. The number of hydrogen-bond donors (Lipinski definition) is 1. The molecule has 0 spiro atoms. The second-order valence-corrected chi connectivity index (χ2v) is 4.78. The number of rotatable bonds is 1. The second kappa shape index (κ2) is 4.32. The van der Waals surface area contributed by atoms with Gasteiger partial charge in [0, 0.05) is 23.6 Å². The van der Waals surface area contributed by atoms with Gasteiger partial charge in [-0.15, -0.1) is 0 Å². The molecule has 3 heteroatoms. The molecule has 1 aliphatic heterocycles. The van der Waals surface area contributed by atoms with E-state index in [4.69, 9.17) is 0 Å². The highest BCUT2D eigenvalue weighted by atomic mass is 32.2. The zero-order valence-corrected chi connectivity index (χ0v) is 8.98. The van der Waals surface area contributed by atoms with E-state index in [-0.39, 0.29) is 5.82 Å². The topological polar surface area (TPSA) is 12.0 Å². The van der Waals surface area contributed by atoms with Crippen LogP contribution in [0.3, 0.4) is 0 Å². The van der Waals surface area contributed by atoms with Crippen LogP contribution in [0, 0.1) is 5.82 Å². The molecule has 2 unspecified atom stereocenters. The molecule has 1 N–H and O–H groups in total. The van der Waals surface area contributed by atoms with E-state index in [0.717, 1.165) is 11.5 Å². The van der Waals surface area contributed by atoms with Crippen LogP contribution in [0.1, 0.15) is 18.5 Å². The highest BCUT2D eigenvalue weighted by molar-refractivity contribution is 7.99. The van der Waals surface area contributed by atoms with Crippen molar-refractivity contribution in [3.05, 3.63) is 35.6 Å². The van der Waals surface area contributed by atoms with Crippen molar-refractivity contribution in [3.8, 4) is 0 Å². The third kappa shape index (κ3) is 2.28. The summed E-state index contributed by atoms with van der Waals surface area (Å²) in [7, 11) is 0. The van der Waals surface area contributed by atoms with E-state index < -0.39 is 0 Å². The van der Waals surface area contributed by atoms with Gasteiger partial charge >= 0.3 is 0 Å². The minimum Gasteiger partial charge on any atom is -0.306 e. The standard InChI is InChI=1S/C11H14FNS/c1-8-6-14-7-11(13-8)9-2-4-10(12)5-3-9/h2-5,8,11,13H,6-7H2,1H3. The van der Waals surface area contributed by atoms with Gasteiger partial charge in [-0.05, 0) is 24.6 Å². The van der Waals surface area contributed by atoms with Crippen LogP contribution in [0.25, 0.3) is 0 Å². The molecule has 0 radical (unpaired) electrons. The molecule has 0 aliphatic carbocycles. The van der Waals surface area contributed by atoms with Crippen molar-refractivity contribution >= 4 is 11.8 Å². The molecule has 1 fully saturated rings. The lowest BCUT2D eigenvalue weighted by Crippen LogP contribution is -2.37. The fourth-order valence-corrected chi connectivity index (χ4v) is 2.80. The van der Waals surface area contributed by atoms with Gasteiger partial charge in [0.1, 0.15) is 5.82 Å². The fraction of sp³-hybridized carbons (Fsp3) is 0.455. The van der Waals surface area contributed by atoms with E-state index >= 15 is 0 Å². The van der Waals surface area contributed by atoms with Crippen molar-refractivity contribution in [2.45, 2.75) is 19.0 Å². The molecule has 0 aromatic heterocycles. The van der Waals surface area contributed by atoms with Crippen molar-refractivity contribution in [1.82, 2.24) is 5.32 Å². The highest BCUT2D eigenvalue weighted by Gasteiger charge is 2.19. The predicted molar refractivity (Wildman–Crippen MR) is 59.1 cm³/mol. The van der Waals surface area contributed by atoms with Crippen molar-refractivity contribution < 1.29 is 4.39 Å². The van der Waals surface area contributed by atoms with Gasteiger partial charge in [-0.2, -0.15) is 11.8 Å². The van der Waals surface area contributed by atoms with Crippen LogP contribution in [-0.4, -0.2) is 17.5 Å². The summed E-state index contributed by atoms with van der Waals surface area (Å²) in [6.07, 6.45) is 0. The molecular formula is C11H14FNS. The maximum absolute atomic E-state index is 12.7. The van der Waals surface area contributed by atoms with Gasteiger partial charge in [-0.25, -0.2) is 4.39 Å². The third-order valence-electron chi connectivity index (χ3n) is 2.41. The maximum atomic E-state index is 12.7. The van der Waals surface area contributed by atoms with E-state index in [1.807, 2.05) is 23.9 Å². The van der Waals surface area contributed by atoms with Gasteiger partial charge in [-0.3, -0.25) is 0 Å². The van der Waals surface area contributed by atoms with Gasteiger partial charge in [-0.1, -0.05) is 12.1 Å². The van der Waals surface area contributed by atoms with Gasteiger partial charge in [0.15, 0.2) is 0 Å². The average molecular weight is 211 g/mol. The van der Waals surface area contributed by atoms with Gasteiger partial charge in [0.25, 0.3) is 0 Å². The molecule has 0 bridgehead atoms. The number of hydrogen-bond acceptors (Lipinski definition) is 2. The Balaban J connectivity index is 2.10. The van der Waals surface area contributed by atoms with Crippen molar-refractivity contribution in [2.24, 2.45) is 0 Å². The number of thioether (sulfide) groups is 1. The minimum absolute atomic E-state index is 0.162. The number of benzene rings is 1. The Morgan fingerprint density at radius 3 is 2.64 bits per heavy atom. The molecule has 1 aliphatic rings. The molecule has 0 saturated carbocycles. The first-order chi connectivity index (χ1) is 6.75. The zero-order valence-electron chi connectivity index (χ0n) is 8.16. The molecule has 1 heterocycles. The molecule has 1 saturated heterocycles. The maximum Gasteiger partial charge on any atom is 0.123 e. The molecule has 76 valence electrons. The SMILES string of the molecule is CC1CSCC(c2ccc(F)cc2)N1. The van der Waals surface area contributed by atoms with Crippen LogP contribution in [0.5, 0.6) is 0 Å². The van der Waals surface area contributed by atoms with Gasteiger partial charge < -0.3 is 5.32 Å². The first kappa shape index (κ1) is 9.99. The van der Waals surface area contributed by atoms with Crippen LogP contribution < -0.4 is 5.32 Å². The van der Waals surface area contributed by atoms with Crippen LogP contribution in [-0.2, 0) is 0 Å². The summed E-state index contributed by atoms with van der Waals surface area (Å²) in [4.78, 5) is 0. The van der Waals surface area contributed by atoms with Crippen molar-refractivity contribution in [3.63, 3.8) is 0 Å². The van der Waals surface area contributed by atoms with E-state index in [1.54, 1.807) is 0 Å². The monoisotopic (exact) mass is 211 g/mol. The first-order valence-corrected chi connectivity index (χ1v) is 6.00. The smallest absolute Gasteiger partial charge is 0.123 e. The Morgan fingerprint density at radius 1 is 1.29 bits per heavy atom. The van der Waals surface area contributed by atoms with E-state index in [1.165, 1.54) is 17.7 Å². The molecule has 0 amide bonds. The lowest BCUT2D eigenvalue weighted by molar-refractivity contribution is 0.501. The largest absolute Gasteiger partial charge is 0.306 e. The summed E-state index contributed by atoms with van der Waals surface area (Å²) in [5.74, 6) is 2.08. The summed E-state index contributed by atoms with van der Waals surface area (Å²) in [5.41, 5.74) is 1.19. The summed E-state index contributed by atoms with van der Waals surface area (Å²) in [6.45, 7) is 2.18. The van der Waals surface area contributed by atoms with E-state index in [0.29, 0.717) is 12.1 Å². The Hall–Kier alpha value is -0.540. The van der Waals surface area contributed by atoms with Crippen molar-refractivity contribution in [1.29, 1.82) is 0 Å². The van der Waals surface area contributed by atoms with E-state index in [9.17, 15) is 4.39 Å². The van der Waals surface area contributed by atoms with Crippen molar-refractivity contribution in [2.75, 3.05) is 11.5 Å². The Labute approximate surface area is 88.1 Å². The third-order valence-corrected chi connectivity index (χ3v) is 3.72. The quantitative estimate of drug-likeness (QED) is 0.766. The Morgan fingerprint density at radius 2 is 2.00 bits per heavy atom. The summed E-state index contributed by atoms with van der Waals surface area (Å²) < 4.78 is 12.7. The van der Waals surface area contributed by atoms with Gasteiger partial charge in [0.2, 0.25) is 0 Å². The second-order valence-electron chi connectivity index (χ2n) is 3.71. The molecule has 1 aromatic carbocycles. The number of halogens is 1. The Kier molecular flexibility index (Phi) is 3.08. The van der Waals surface area contributed by atoms with Gasteiger partial charge in [0.05, 0.1) is 0 Å². The molecule has 1 nitrogen and oxygen atoms in total. The minimum atomic E-state index is -0.162. The Bertz CT molecular complexity index is 299. The lowest BCUT2D eigenvalue weighted by Gasteiger charge is -2.28. The summed E-state index contributed by atoms with van der Waals surface area (Å²) in [5, 5.41) is 3.51. The predicted octanol–water partition coefficient (Wildman–Crippen LogP) is 2.59. The molecule has 2 atom stereocenters. The molecule has 2 rings (SSSR count). The van der Waals surface area contributed by atoms with Crippen LogP contribution in [0.2, 0.25) is 0 Å². The van der Waals surface area contributed by atoms with Crippen LogP contribution in [0.15, 0.2) is 24.3 Å². The first-order valence-electron chi connectivity index (χ1n) is 4.85. The van der Waals surface area contributed by atoms with Crippen LogP contribution >= 0.6 is 11.8 Å². The zero-order chi connectivity index (χ0) is 9.97. The summed E-state index contributed by atoms with van der Waals surface area (Å²) >= 11 is 1.95. The summed E-state index contributed by atoms with van der Waals surface area (Å²) in [6, 6.07) is 7.71. The highest BCUT2D eigenvalue weighted by Crippen LogP contribution is 2.24. The van der Waals surface area contributed by atoms with Crippen LogP contribution in [0.4, 0.5) is 4.39 Å². The molecule has 1 aromatic rings. The molecule has 14 heavy (non-hydrogen) atoms. The number of nitrogens with one attached hydrogen (secondary N) is 1. The average Bonchev–Trinajstić information content (AvgIpc) is 2.19. The lowest BCUT2D eigenvalue weighted by atomic mass is 10.1. The fourth-order valence-electron chi connectivity index (χ4n) is 1.69. The normalized spacial score (nSPS) is 27.6. The van der Waals surface area contributed by atoms with E-state index in [2.05, 4.69) is 12.2 Å².